The standard InChI is InChI=1S/C11H11Cl3O3/c1-2-3-4-16-11(15)17-10-6-8(13)7(12)5-9(10)14/h5-6H,2-4H2,1H3. The third-order valence-electron chi connectivity index (χ3n) is 1.89. The fourth-order valence-corrected chi connectivity index (χ4v) is 1.58. The van der Waals surface area contributed by atoms with E-state index in [0.717, 1.165) is 12.8 Å². The lowest BCUT2D eigenvalue weighted by molar-refractivity contribution is 0.0979. The predicted octanol–water partition coefficient (Wildman–Crippen LogP) is 4.96. The molecule has 0 aliphatic heterocycles. The first kappa shape index (κ1) is 14.4. The Morgan fingerprint density at radius 1 is 1.18 bits per heavy atom. The molecule has 0 aromatic heterocycles. The van der Waals surface area contributed by atoms with E-state index in [0.29, 0.717) is 11.6 Å². The minimum absolute atomic E-state index is 0.127. The van der Waals surface area contributed by atoms with Crippen LogP contribution in [0, 0.1) is 0 Å². The number of hydrogen-bond acceptors (Lipinski definition) is 3. The first-order valence-corrected chi connectivity index (χ1v) is 6.17. The van der Waals surface area contributed by atoms with Gasteiger partial charge in [0.05, 0.1) is 21.7 Å². The van der Waals surface area contributed by atoms with Crippen LogP contribution >= 0.6 is 34.8 Å². The van der Waals surface area contributed by atoms with Crippen molar-refractivity contribution in [2.45, 2.75) is 19.8 Å². The van der Waals surface area contributed by atoms with E-state index < -0.39 is 6.16 Å². The Morgan fingerprint density at radius 3 is 2.47 bits per heavy atom. The van der Waals surface area contributed by atoms with E-state index in [1.807, 2.05) is 6.92 Å². The zero-order chi connectivity index (χ0) is 12.8. The maximum atomic E-state index is 11.3. The van der Waals surface area contributed by atoms with Crippen molar-refractivity contribution in [2.75, 3.05) is 6.61 Å². The molecule has 0 radical (unpaired) electrons. The highest BCUT2D eigenvalue weighted by molar-refractivity contribution is 6.43. The van der Waals surface area contributed by atoms with Gasteiger partial charge in [-0.15, -0.1) is 0 Å². The van der Waals surface area contributed by atoms with Gasteiger partial charge in [0.25, 0.3) is 0 Å². The number of benzene rings is 1. The van der Waals surface area contributed by atoms with E-state index in [9.17, 15) is 4.79 Å². The van der Waals surface area contributed by atoms with Crippen LogP contribution < -0.4 is 4.74 Å². The van der Waals surface area contributed by atoms with Crippen molar-refractivity contribution < 1.29 is 14.3 Å². The van der Waals surface area contributed by atoms with Crippen LogP contribution in [0.15, 0.2) is 12.1 Å². The van der Waals surface area contributed by atoms with E-state index >= 15 is 0 Å². The van der Waals surface area contributed by atoms with Crippen molar-refractivity contribution in [2.24, 2.45) is 0 Å². The summed E-state index contributed by atoms with van der Waals surface area (Å²) in [4.78, 5) is 11.3. The van der Waals surface area contributed by atoms with E-state index in [-0.39, 0.29) is 15.8 Å². The molecule has 0 bridgehead atoms. The van der Waals surface area contributed by atoms with Gasteiger partial charge in [-0.2, -0.15) is 0 Å². The summed E-state index contributed by atoms with van der Waals surface area (Å²) in [7, 11) is 0. The molecule has 0 unspecified atom stereocenters. The maximum absolute atomic E-state index is 11.3. The van der Waals surface area contributed by atoms with Crippen LogP contribution in [-0.2, 0) is 4.74 Å². The van der Waals surface area contributed by atoms with Gasteiger partial charge in [0, 0.05) is 6.07 Å². The molecule has 0 amide bonds. The molecule has 6 heteroatoms. The molecular formula is C11H11Cl3O3. The van der Waals surface area contributed by atoms with Gasteiger partial charge in [0.2, 0.25) is 0 Å². The third-order valence-corrected chi connectivity index (χ3v) is 2.90. The van der Waals surface area contributed by atoms with Gasteiger partial charge in [-0.1, -0.05) is 48.1 Å². The van der Waals surface area contributed by atoms with Crippen LogP contribution in [0.5, 0.6) is 5.75 Å². The van der Waals surface area contributed by atoms with Gasteiger partial charge in [0.1, 0.15) is 0 Å². The van der Waals surface area contributed by atoms with Crippen molar-refractivity contribution in [3.63, 3.8) is 0 Å². The van der Waals surface area contributed by atoms with E-state index in [1.54, 1.807) is 0 Å². The van der Waals surface area contributed by atoms with Gasteiger partial charge in [-0.05, 0) is 12.5 Å². The molecule has 1 aromatic carbocycles. The molecule has 0 spiro atoms. The number of halogens is 3. The molecule has 94 valence electrons. The van der Waals surface area contributed by atoms with E-state index in [2.05, 4.69) is 0 Å². The maximum Gasteiger partial charge on any atom is 0.513 e. The molecule has 0 N–H and O–H groups in total. The zero-order valence-electron chi connectivity index (χ0n) is 9.13. The molecular weight excluding hydrogens is 286 g/mol. The molecule has 0 fully saturated rings. The highest BCUT2D eigenvalue weighted by atomic mass is 35.5. The Morgan fingerprint density at radius 2 is 1.82 bits per heavy atom. The summed E-state index contributed by atoms with van der Waals surface area (Å²) >= 11 is 17.3. The van der Waals surface area contributed by atoms with Gasteiger partial charge in [-0.3, -0.25) is 0 Å². The summed E-state index contributed by atoms with van der Waals surface area (Å²) in [5.41, 5.74) is 0. The Bertz CT molecular complexity index is 407. The molecule has 0 aliphatic carbocycles. The van der Waals surface area contributed by atoms with Crippen LogP contribution in [0.3, 0.4) is 0 Å². The van der Waals surface area contributed by atoms with E-state index in [1.165, 1.54) is 12.1 Å². The SMILES string of the molecule is CCCCOC(=O)Oc1cc(Cl)c(Cl)cc1Cl. The third kappa shape index (κ3) is 4.62. The van der Waals surface area contributed by atoms with Crippen molar-refractivity contribution in [3.8, 4) is 5.75 Å². The van der Waals surface area contributed by atoms with Crippen molar-refractivity contribution in [1.29, 1.82) is 0 Å². The minimum atomic E-state index is -0.807. The van der Waals surface area contributed by atoms with Gasteiger partial charge < -0.3 is 9.47 Å². The first-order chi connectivity index (χ1) is 8.04. The van der Waals surface area contributed by atoms with Crippen molar-refractivity contribution in [1.82, 2.24) is 0 Å². The smallest absolute Gasteiger partial charge is 0.434 e. The molecule has 0 aliphatic rings. The Kier molecular flexibility index (Phi) is 5.89. The first-order valence-electron chi connectivity index (χ1n) is 5.03. The van der Waals surface area contributed by atoms with Gasteiger partial charge in [-0.25, -0.2) is 4.79 Å². The summed E-state index contributed by atoms with van der Waals surface area (Å²) in [6.07, 6.45) is 0.907. The highest BCUT2D eigenvalue weighted by Crippen LogP contribution is 2.33. The Hall–Kier alpha value is -0.640. The summed E-state index contributed by atoms with van der Waals surface area (Å²) in [6.45, 7) is 2.30. The number of hydrogen-bond donors (Lipinski definition) is 0. The lowest BCUT2D eigenvalue weighted by Crippen LogP contribution is -2.11. The molecule has 17 heavy (non-hydrogen) atoms. The summed E-state index contributed by atoms with van der Waals surface area (Å²) in [5, 5.41) is 0.752. The van der Waals surface area contributed by atoms with Crippen molar-refractivity contribution >= 4 is 41.0 Å². The molecule has 0 atom stereocenters. The molecule has 3 nitrogen and oxygen atoms in total. The molecule has 0 saturated carbocycles. The molecule has 0 heterocycles. The summed E-state index contributed by atoms with van der Waals surface area (Å²) in [6, 6.07) is 2.77. The second kappa shape index (κ2) is 6.94. The van der Waals surface area contributed by atoms with Gasteiger partial charge in [0.15, 0.2) is 5.75 Å². The molecule has 1 aromatic rings. The van der Waals surface area contributed by atoms with Crippen LogP contribution in [0.25, 0.3) is 0 Å². The summed E-state index contributed by atoms with van der Waals surface area (Å²) < 4.78 is 9.71. The lowest BCUT2D eigenvalue weighted by Gasteiger charge is -2.07. The number of unbranched alkanes of at least 4 members (excludes halogenated alkanes) is 1. The van der Waals surface area contributed by atoms with Crippen LogP contribution in [-0.4, -0.2) is 12.8 Å². The fourth-order valence-electron chi connectivity index (χ4n) is 1.00. The largest absolute Gasteiger partial charge is 0.513 e. The second-order valence-electron chi connectivity index (χ2n) is 3.25. The fraction of sp³-hybridized carbons (Fsp3) is 0.364. The average Bonchev–Trinajstić information content (AvgIpc) is 2.26. The van der Waals surface area contributed by atoms with Crippen molar-refractivity contribution in [3.05, 3.63) is 27.2 Å². The minimum Gasteiger partial charge on any atom is -0.434 e. The normalized spacial score (nSPS) is 10.1. The number of rotatable bonds is 4. The Labute approximate surface area is 115 Å². The molecule has 0 saturated heterocycles. The summed E-state index contributed by atoms with van der Waals surface area (Å²) in [5.74, 6) is 0.127. The van der Waals surface area contributed by atoms with Crippen LogP contribution in [0.4, 0.5) is 4.79 Å². The number of carbonyl (C=O) groups excluding carboxylic acids is 1. The predicted molar refractivity (Wildman–Crippen MR) is 68.4 cm³/mol. The second-order valence-corrected chi connectivity index (χ2v) is 4.47. The number of ether oxygens (including phenoxy) is 2. The Balaban J connectivity index is 2.62. The zero-order valence-corrected chi connectivity index (χ0v) is 11.4. The topological polar surface area (TPSA) is 35.5 Å². The average molecular weight is 298 g/mol. The van der Waals surface area contributed by atoms with Gasteiger partial charge >= 0.3 is 6.16 Å². The van der Waals surface area contributed by atoms with Crippen LogP contribution in [0.1, 0.15) is 19.8 Å². The molecule has 1 rings (SSSR count). The highest BCUT2D eigenvalue weighted by Gasteiger charge is 2.12. The lowest BCUT2D eigenvalue weighted by atomic mass is 10.3. The number of carbonyl (C=O) groups is 1. The quantitative estimate of drug-likeness (QED) is 0.341. The monoisotopic (exact) mass is 296 g/mol. The van der Waals surface area contributed by atoms with E-state index in [4.69, 9.17) is 44.3 Å². The van der Waals surface area contributed by atoms with Crippen LogP contribution in [0.2, 0.25) is 15.1 Å².